The molecule has 0 aromatic carbocycles. The highest BCUT2D eigenvalue weighted by atomic mass is 16.5. The number of aryl methyl sites for hydroxylation is 1. The number of carbonyl (C=O) groups excluding carboxylic acids is 1. The third-order valence-corrected chi connectivity index (χ3v) is 4.01. The third-order valence-electron chi connectivity index (χ3n) is 4.01. The molecule has 5 heteroatoms. The summed E-state index contributed by atoms with van der Waals surface area (Å²) in [5, 5.41) is 2.96. The topological polar surface area (TPSA) is 60.5 Å². The van der Waals surface area contributed by atoms with Gasteiger partial charge in [0, 0.05) is 12.7 Å². The lowest BCUT2D eigenvalue weighted by Crippen LogP contribution is -2.45. The highest BCUT2D eigenvalue weighted by Crippen LogP contribution is 2.42. The first-order valence-electron chi connectivity index (χ1n) is 8.07. The van der Waals surface area contributed by atoms with E-state index >= 15 is 0 Å². The van der Waals surface area contributed by atoms with Crippen LogP contribution in [-0.4, -0.2) is 29.7 Å². The number of hydrogen-bond acceptors (Lipinski definition) is 4. The predicted molar refractivity (Wildman–Crippen MR) is 86.1 cm³/mol. The van der Waals surface area contributed by atoms with E-state index in [0.29, 0.717) is 30.7 Å². The summed E-state index contributed by atoms with van der Waals surface area (Å²) >= 11 is 0. The van der Waals surface area contributed by atoms with Gasteiger partial charge in [0.05, 0.1) is 18.0 Å². The first-order valence-corrected chi connectivity index (χ1v) is 8.07. The maximum Gasteiger partial charge on any atom is 0.256 e. The van der Waals surface area contributed by atoms with Crippen LogP contribution in [0.5, 0.6) is 5.88 Å². The molecule has 0 saturated heterocycles. The second-order valence-electron chi connectivity index (χ2n) is 5.90. The lowest BCUT2D eigenvalue weighted by Gasteiger charge is -2.28. The van der Waals surface area contributed by atoms with Crippen molar-refractivity contribution >= 4 is 11.6 Å². The van der Waals surface area contributed by atoms with Crippen LogP contribution < -0.4 is 10.1 Å². The molecule has 1 aliphatic carbocycles. The molecule has 5 nitrogen and oxygen atoms in total. The Balaban J connectivity index is 2.07. The van der Waals surface area contributed by atoms with Crippen molar-refractivity contribution in [1.29, 1.82) is 0 Å². The third kappa shape index (κ3) is 3.77. The van der Waals surface area contributed by atoms with Crippen LogP contribution in [0, 0.1) is 12.8 Å². The molecule has 1 aromatic rings. The fourth-order valence-corrected chi connectivity index (χ4v) is 2.51. The number of pyridine rings is 1. The smallest absolute Gasteiger partial charge is 0.256 e. The van der Waals surface area contributed by atoms with Crippen LogP contribution in [0.2, 0.25) is 0 Å². The van der Waals surface area contributed by atoms with Crippen molar-refractivity contribution in [3.8, 4) is 5.88 Å². The van der Waals surface area contributed by atoms with Crippen LogP contribution in [-0.2, 0) is 9.53 Å². The minimum Gasteiger partial charge on any atom is -0.478 e. The highest BCUT2D eigenvalue weighted by molar-refractivity contribution is 5.98. The molecule has 0 unspecified atom stereocenters. The molecule has 0 radical (unpaired) electrons. The van der Waals surface area contributed by atoms with Gasteiger partial charge in [-0.05, 0) is 52.0 Å². The summed E-state index contributed by atoms with van der Waals surface area (Å²) in [5.74, 6) is 0.809. The molecular weight excluding hydrogens is 280 g/mol. The van der Waals surface area contributed by atoms with Crippen LogP contribution in [0.1, 0.15) is 45.7 Å². The van der Waals surface area contributed by atoms with Gasteiger partial charge in [-0.1, -0.05) is 6.92 Å². The quantitative estimate of drug-likeness (QED) is 0.800. The summed E-state index contributed by atoms with van der Waals surface area (Å²) in [6.45, 7) is 8.88. The van der Waals surface area contributed by atoms with Crippen LogP contribution in [0.3, 0.4) is 0 Å². The number of carbonyl (C=O) groups is 1. The molecule has 1 aliphatic rings. The second-order valence-corrected chi connectivity index (χ2v) is 5.90. The number of nitrogens with zero attached hydrogens (tertiary/aromatic N) is 1. The largest absolute Gasteiger partial charge is 0.478 e. The van der Waals surface area contributed by atoms with Gasteiger partial charge >= 0.3 is 0 Å². The molecule has 1 atom stereocenters. The minimum absolute atomic E-state index is 0.0935. The Hall–Kier alpha value is -1.62. The molecule has 1 aromatic heterocycles. The van der Waals surface area contributed by atoms with Gasteiger partial charge in [0.2, 0.25) is 5.88 Å². The Bertz CT molecular complexity index is 529. The van der Waals surface area contributed by atoms with Crippen LogP contribution in [0.15, 0.2) is 12.1 Å². The number of nitrogens with one attached hydrogen (secondary N) is 1. The maximum atomic E-state index is 12.6. The Labute approximate surface area is 132 Å². The van der Waals surface area contributed by atoms with Crippen LogP contribution in [0.25, 0.3) is 0 Å². The molecule has 22 heavy (non-hydrogen) atoms. The number of rotatable bonds is 8. The number of hydrogen-bond donors (Lipinski definition) is 1. The zero-order valence-electron chi connectivity index (χ0n) is 13.9. The summed E-state index contributed by atoms with van der Waals surface area (Å²) < 4.78 is 11.2. The van der Waals surface area contributed by atoms with E-state index in [-0.39, 0.29) is 5.91 Å². The fourth-order valence-electron chi connectivity index (χ4n) is 2.51. The normalized spacial score (nSPS) is 16.9. The Morgan fingerprint density at radius 1 is 1.41 bits per heavy atom. The van der Waals surface area contributed by atoms with E-state index in [0.717, 1.165) is 25.0 Å². The van der Waals surface area contributed by atoms with Gasteiger partial charge in [0.1, 0.15) is 5.60 Å². The van der Waals surface area contributed by atoms with Crippen molar-refractivity contribution in [1.82, 2.24) is 4.98 Å². The molecule has 0 bridgehead atoms. The average molecular weight is 306 g/mol. The number of ether oxygens (including phenoxy) is 2. The van der Waals surface area contributed by atoms with Gasteiger partial charge in [-0.2, -0.15) is 0 Å². The number of amides is 1. The summed E-state index contributed by atoms with van der Waals surface area (Å²) in [5.41, 5.74) is 0.704. The van der Waals surface area contributed by atoms with Crippen molar-refractivity contribution in [2.75, 3.05) is 18.5 Å². The van der Waals surface area contributed by atoms with Crippen LogP contribution in [0.4, 0.5) is 5.69 Å². The molecule has 1 amide bonds. The van der Waals surface area contributed by atoms with Gasteiger partial charge in [-0.25, -0.2) is 4.98 Å². The van der Waals surface area contributed by atoms with E-state index in [1.807, 2.05) is 33.8 Å². The second kappa shape index (κ2) is 7.09. The van der Waals surface area contributed by atoms with Gasteiger partial charge in [0.15, 0.2) is 0 Å². The average Bonchev–Trinajstić information content (AvgIpc) is 3.32. The predicted octanol–water partition coefficient (Wildman–Crippen LogP) is 3.32. The number of aromatic nitrogens is 1. The Morgan fingerprint density at radius 3 is 2.68 bits per heavy atom. The van der Waals surface area contributed by atoms with E-state index in [1.54, 1.807) is 6.07 Å². The summed E-state index contributed by atoms with van der Waals surface area (Å²) in [4.78, 5) is 17.0. The van der Waals surface area contributed by atoms with Gasteiger partial charge < -0.3 is 14.8 Å². The molecule has 1 heterocycles. The highest BCUT2D eigenvalue weighted by Gasteiger charge is 2.48. The maximum absolute atomic E-state index is 12.6. The Morgan fingerprint density at radius 2 is 2.14 bits per heavy atom. The lowest BCUT2D eigenvalue weighted by atomic mass is 9.98. The fraction of sp³-hybridized carbons (Fsp3) is 0.647. The zero-order valence-corrected chi connectivity index (χ0v) is 13.9. The van der Waals surface area contributed by atoms with E-state index < -0.39 is 5.60 Å². The molecule has 0 spiro atoms. The van der Waals surface area contributed by atoms with E-state index in [1.165, 1.54) is 0 Å². The lowest BCUT2D eigenvalue weighted by molar-refractivity contribution is -0.141. The summed E-state index contributed by atoms with van der Waals surface area (Å²) in [6, 6.07) is 3.62. The molecule has 1 saturated carbocycles. The minimum atomic E-state index is -0.751. The van der Waals surface area contributed by atoms with Gasteiger partial charge in [-0.15, -0.1) is 0 Å². The molecular formula is C17H26N2O3. The van der Waals surface area contributed by atoms with Crippen molar-refractivity contribution in [2.45, 2.75) is 52.6 Å². The SMILES string of the molecule is CCCOc1ccc(NC(=O)[C@@](C)(OCC)C2CC2)c(C)n1. The monoisotopic (exact) mass is 306 g/mol. The van der Waals surface area contributed by atoms with Gasteiger partial charge in [0.25, 0.3) is 5.91 Å². The molecule has 122 valence electrons. The molecule has 1 fully saturated rings. The van der Waals surface area contributed by atoms with E-state index in [4.69, 9.17) is 9.47 Å². The molecule has 0 aliphatic heterocycles. The zero-order chi connectivity index (χ0) is 16.2. The first-order chi connectivity index (χ1) is 10.5. The summed E-state index contributed by atoms with van der Waals surface area (Å²) in [7, 11) is 0. The van der Waals surface area contributed by atoms with Crippen molar-refractivity contribution in [2.24, 2.45) is 5.92 Å². The Kier molecular flexibility index (Phi) is 5.40. The van der Waals surface area contributed by atoms with E-state index in [9.17, 15) is 4.79 Å². The number of anilines is 1. The first kappa shape index (κ1) is 16.7. The van der Waals surface area contributed by atoms with Crippen molar-refractivity contribution < 1.29 is 14.3 Å². The van der Waals surface area contributed by atoms with Crippen molar-refractivity contribution in [3.05, 3.63) is 17.8 Å². The van der Waals surface area contributed by atoms with E-state index in [2.05, 4.69) is 10.3 Å². The van der Waals surface area contributed by atoms with Crippen LogP contribution >= 0.6 is 0 Å². The standard InChI is InChI=1S/C17H26N2O3/c1-5-11-21-15-10-9-14(12(3)18-15)19-16(20)17(4,22-6-2)13-7-8-13/h9-10,13H,5-8,11H2,1-4H3,(H,19,20)/t17-/m0/s1. The summed E-state index contributed by atoms with van der Waals surface area (Å²) in [6.07, 6.45) is 3.03. The van der Waals surface area contributed by atoms with Crippen molar-refractivity contribution in [3.63, 3.8) is 0 Å². The molecule has 1 N–H and O–H groups in total. The molecule has 2 rings (SSSR count). The van der Waals surface area contributed by atoms with Gasteiger partial charge in [-0.3, -0.25) is 4.79 Å².